The molecule has 0 aliphatic heterocycles. The molecular weight excluding hydrogens is 414 g/mol. The van der Waals surface area contributed by atoms with Crippen LogP contribution in [0.3, 0.4) is 0 Å². The van der Waals surface area contributed by atoms with Gasteiger partial charge in [0.05, 0.1) is 16.1 Å². The zero-order valence-corrected chi connectivity index (χ0v) is 15.0. The van der Waals surface area contributed by atoms with Crippen molar-refractivity contribution in [3.05, 3.63) is 79.3 Å². The Labute approximate surface area is 144 Å². The van der Waals surface area contributed by atoms with Gasteiger partial charge in [0.2, 0.25) is 0 Å². The Hall–Kier alpha value is -0.880. The van der Waals surface area contributed by atoms with Crippen LogP contribution in [0.25, 0.3) is 0 Å². The van der Waals surface area contributed by atoms with E-state index in [4.69, 9.17) is 4.42 Å². The number of nitrogens with one attached hydrogen (secondary N) is 1. The SMILES string of the molecule is Brc1cc(CNC(c2ccccc2)c2ccco2)sc1Br. The maximum Gasteiger partial charge on any atom is 0.125 e. The molecule has 2 aromatic heterocycles. The molecule has 1 aromatic carbocycles. The second-order valence-electron chi connectivity index (χ2n) is 4.57. The lowest BCUT2D eigenvalue weighted by atomic mass is 10.0. The largest absolute Gasteiger partial charge is 0.467 e. The fourth-order valence-corrected chi connectivity index (χ4v) is 4.29. The molecule has 0 fully saturated rings. The van der Waals surface area contributed by atoms with Gasteiger partial charge in [-0.3, -0.25) is 5.32 Å². The van der Waals surface area contributed by atoms with Gasteiger partial charge in [0, 0.05) is 15.9 Å². The van der Waals surface area contributed by atoms with Crippen LogP contribution in [0.5, 0.6) is 0 Å². The molecule has 0 aliphatic rings. The minimum absolute atomic E-state index is 0.0563. The van der Waals surface area contributed by atoms with Gasteiger partial charge in [-0.25, -0.2) is 0 Å². The van der Waals surface area contributed by atoms with Gasteiger partial charge in [-0.2, -0.15) is 0 Å². The Morgan fingerprint density at radius 3 is 2.52 bits per heavy atom. The standard InChI is InChI=1S/C16H13Br2NOS/c17-13-9-12(21-16(13)18)10-19-15(14-7-4-8-20-14)11-5-2-1-3-6-11/h1-9,15,19H,10H2. The third-order valence-corrected chi connectivity index (χ3v) is 6.39. The summed E-state index contributed by atoms with van der Waals surface area (Å²) in [6.45, 7) is 0.787. The number of benzene rings is 1. The fourth-order valence-electron chi connectivity index (χ4n) is 2.16. The van der Waals surface area contributed by atoms with Crippen molar-refractivity contribution in [3.8, 4) is 0 Å². The lowest BCUT2D eigenvalue weighted by Crippen LogP contribution is -2.21. The Bertz CT molecular complexity index is 675. The minimum atomic E-state index is 0.0563. The first-order valence-corrected chi connectivity index (χ1v) is 8.90. The summed E-state index contributed by atoms with van der Waals surface area (Å²) in [5.74, 6) is 0.927. The number of halogens is 2. The summed E-state index contributed by atoms with van der Waals surface area (Å²) in [4.78, 5) is 1.27. The van der Waals surface area contributed by atoms with E-state index < -0.39 is 0 Å². The van der Waals surface area contributed by atoms with Crippen molar-refractivity contribution in [1.82, 2.24) is 5.32 Å². The number of hydrogen-bond acceptors (Lipinski definition) is 3. The van der Waals surface area contributed by atoms with Gasteiger partial charge < -0.3 is 4.42 Å². The Morgan fingerprint density at radius 1 is 1.10 bits per heavy atom. The predicted octanol–water partition coefficient (Wildman–Crippen LogP) is 5.75. The first-order valence-electron chi connectivity index (χ1n) is 6.49. The molecule has 3 aromatic rings. The summed E-state index contributed by atoms with van der Waals surface area (Å²) in [7, 11) is 0. The van der Waals surface area contributed by atoms with E-state index in [1.165, 1.54) is 10.4 Å². The summed E-state index contributed by atoms with van der Waals surface area (Å²) >= 11 is 8.78. The third kappa shape index (κ3) is 3.66. The monoisotopic (exact) mass is 425 g/mol. The van der Waals surface area contributed by atoms with Crippen LogP contribution < -0.4 is 5.32 Å². The molecule has 1 N–H and O–H groups in total. The molecule has 1 atom stereocenters. The first-order chi connectivity index (χ1) is 10.2. The first kappa shape index (κ1) is 15.0. The highest BCUT2D eigenvalue weighted by Crippen LogP contribution is 2.33. The van der Waals surface area contributed by atoms with Gasteiger partial charge in [0.1, 0.15) is 5.76 Å². The zero-order valence-electron chi connectivity index (χ0n) is 11.1. The van der Waals surface area contributed by atoms with Crippen molar-refractivity contribution in [3.63, 3.8) is 0 Å². The van der Waals surface area contributed by atoms with E-state index in [0.29, 0.717) is 0 Å². The van der Waals surface area contributed by atoms with Gasteiger partial charge in [-0.1, -0.05) is 30.3 Å². The van der Waals surface area contributed by atoms with Crippen LogP contribution in [-0.4, -0.2) is 0 Å². The molecule has 0 bridgehead atoms. The molecule has 3 rings (SSSR count). The topological polar surface area (TPSA) is 25.2 Å². The average Bonchev–Trinajstić information content (AvgIpc) is 3.12. The smallest absolute Gasteiger partial charge is 0.125 e. The summed E-state index contributed by atoms with van der Waals surface area (Å²) in [5, 5.41) is 3.57. The van der Waals surface area contributed by atoms with Gasteiger partial charge in [0.15, 0.2) is 0 Å². The van der Waals surface area contributed by atoms with Crippen LogP contribution in [0.2, 0.25) is 0 Å². The van der Waals surface area contributed by atoms with Crippen LogP contribution >= 0.6 is 43.2 Å². The highest BCUT2D eigenvalue weighted by Gasteiger charge is 2.16. The lowest BCUT2D eigenvalue weighted by Gasteiger charge is -2.16. The summed E-state index contributed by atoms with van der Waals surface area (Å²) in [5.41, 5.74) is 1.20. The average molecular weight is 427 g/mol. The Balaban J connectivity index is 1.80. The molecule has 108 valence electrons. The van der Waals surface area contributed by atoms with E-state index in [1.807, 2.05) is 30.3 Å². The second kappa shape index (κ2) is 6.92. The van der Waals surface area contributed by atoms with E-state index in [-0.39, 0.29) is 6.04 Å². The molecule has 0 amide bonds. The van der Waals surface area contributed by atoms with Gasteiger partial charge in [-0.15, -0.1) is 11.3 Å². The molecule has 1 unspecified atom stereocenters. The van der Waals surface area contributed by atoms with E-state index in [1.54, 1.807) is 17.6 Å². The normalized spacial score (nSPS) is 12.5. The Kier molecular flexibility index (Phi) is 4.95. The molecule has 2 nitrogen and oxygen atoms in total. The third-order valence-electron chi connectivity index (χ3n) is 3.14. The van der Waals surface area contributed by atoms with E-state index in [2.05, 4.69) is 55.4 Å². The molecule has 0 saturated carbocycles. The number of thiophene rings is 1. The maximum absolute atomic E-state index is 5.59. The van der Waals surface area contributed by atoms with Crippen molar-refractivity contribution in [2.75, 3.05) is 0 Å². The van der Waals surface area contributed by atoms with Gasteiger partial charge in [0.25, 0.3) is 0 Å². The van der Waals surface area contributed by atoms with E-state index >= 15 is 0 Å². The quantitative estimate of drug-likeness (QED) is 0.562. The molecule has 21 heavy (non-hydrogen) atoms. The molecule has 0 radical (unpaired) electrons. The van der Waals surface area contributed by atoms with Crippen molar-refractivity contribution in [2.24, 2.45) is 0 Å². The lowest BCUT2D eigenvalue weighted by molar-refractivity contribution is 0.447. The molecule has 0 saturated heterocycles. The van der Waals surface area contributed by atoms with Crippen molar-refractivity contribution >= 4 is 43.2 Å². The zero-order chi connectivity index (χ0) is 14.7. The highest BCUT2D eigenvalue weighted by atomic mass is 79.9. The summed E-state index contributed by atoms with van der Waals surface area (Å²) < 4.78 is 7.80. The number of rotatable bonds is 5. The molecular formula is C16H13Br2NOS. The van der Waals surface area contributed by atoms with Gasteiger partial charge >= 0.3 is 0 Å². The molecule has 2 heterocycles. The highest BCUT2D eigenvalue weighted by molar-refractivity contribution is 9.13. The second-order valence-corrected chi connectivity index (χ2v) is 7.88. The minimum Gasteiger partial charge on any atom is -0.467 e. The Morgan fingerprint density at radius 2 is 1.90 bits per heavy atom. The number of hydrogen-bond donors (Lipinski definition) is 1. The number of furan rings is 1. The maximum atomic E-state index is 5.59. The van der Waals surface area contributed by atoms with E-state index in [9.17, 15) is 0 Å². The van der Waals surface area contributed by atoms with Crippen LogP contribution in [0.1, 0.15) is 22.2 Å². The summed E-state index contributed by atoms with van der Waals surface area (Å²) in [6, 6.07) is 16.5. The van der Waals surface area contributed by atoms with Crippen LogP contribution in [-0.2, 0) is 6.54 Å². The van der Waals surface area contributed by atoms with E-state index in [0.717, 1.165) is 20.6 Å². The molecule has 0 aliphatic carbocycles. The van der Waals surface area contributed by atoms with Crippen molar-refractivity contribution in [2.45, 2.75) is 12.6 Å². The molecule has 0 spiro atoms. The van der Waals surface area contributed by atoms with Crippen LogP contribution in [0, 0.1) is 0 Å². The van der Waals surface area contributed by atoms with Crippen molar-refractivity contribution in [1.29, 1.82) is 0 Å². The van der Waals surface area contributed by atoms with Crippen LogP contribution in [0.15, 0.2) is 67.5 Å². The van der Waals surface area contributed by atoms with Gasteiger partial charge in [-0.05, 0) is 55.6 Å². The van der Waals surface area contributed by atoms with Crippen LogP contribution in [0.4, 0.5) is 0 Å². The van der Waals surface area contributed by atoms with Crippen molar-refractivity contribution < 1.29 is 4.42 Å². The fraction of sp³-hybridized carbons (Fsp3) is 0.125. The summed E-state index contributed by atoms with van der Waals surface area (Å²) in [6.07, 6.45) is 1.71. The predicted molar refractivity (Wildman–Crippen MR) is 93.6 cm³/mol. The molecule has 5 heteroatoms.